The summed E-state index contributed by atoms with van der Waals surface area (Å²) < 4.78 is 0. The van der Waals surface area contributed by atoms with E-state index in [-0.39, 0.29) is 6.29 Å². The fourth-order valence-corrected chi connectivity index (χ4v) is 0.725. The number of carbonyl (C=O) groups excluding carboxylic acids is 1. The van der Waals surface area contributed by atoms with Crippen LogP contribution in [0.4, 0.5) is 0 Å². The lowest BCUT2D eigenvalue weighted by Crippen LogP contribution is -2.10. The van der Waals surface area contributed by atoms with E-state index in [4.69, 9.17) is 14.7 Å². The van der Waals surface area contributed by atoms with Crippen LogP contribution >= 0.6 is 7.94 Å². The number of hydrogen-bond acceptors (Lipinski definition) is 4. The molecular formula is C4H8O4P+. The van der Waals surface area contributed by atoms with Gasteiger partial charge in [-0.25, -0.2) is 0 Å². The topological polar surface area (TPSA) is 77.8 Å². The first-order valence-corrected chi connectivity index (χ1v) is 3.89. The van der Waals surface area contributed by atoms with Crippen LogP contribution in [0.25, 0.3) is 0 Å². The first-order chi connectivity index (χ1) is 4.02. The first-order valence-electron chi connectivity index (χ1n) is 2.17. The summed E-state index contributed by atoms with van der Waals surface area (Å²) >= 11 is 0. The monoisotopic (exact) mass is 151 g/mol. The molecule has 0 aromatic rings. The minimum atomic E-state index is -4.01. The summed E-state index contributed by atoms with van der Waals surface area (Å²) in [7, 11) is -4.01. The van der Waals surface area contributed by atoms with E-state index in [0.29, 0.717) is 0 Å². The fraction of sp³-hybridized carbons (Fsp3) is 0.250. The van der Waals surface area contributed by atoms with Gasteiger partial charge in [0.25, 0.3) is 0 Å². The molecule has 0 bridgehead atoms. The average molecular weight is 151 g/mol. The van der Waals surface area contributed by atoms with Crippen molar-refractivity contribution in [3.05, 3.63) is 12.7 Å². The van der Waals surface area contributed by atoms with Gasteiger partial charge < -0.3 is 0 Å². The minimum Gasteiger partial charge on any atom is -0.298 e. The van der Waals surface area contributed by atoms with Crippen LogP contribution in [-0.4, -0.2) is 26.6 Å². The van der Waals surface area contributed by atoms with Gasteiger partial charge in [-0.15, -0.1) is 0 Å². The lowest BCUT2D eigenvalue weighted by Gasteiger charge is -2.05. The van der Waals surface area contributed by atoms with Gasteiger partial charge in [0.15, 0.2) is 6.29 Å². The number of aldehydes is 1. The zero-order valence-electron chi connectivity index (χ0n) is 4.64. The average Bonchev–Trinajstić information content (AvgIpc) is 1.65. The summed E-state index contributed by atoms with van der Waals surface area (Å²) in [4.78, 5) is 35.1. The zero-order valence-corrected chi connectivity index (χ0v) is 5.53. The number of allylic oxidation sites excluding steroid dienone is 1. The summed E-state index contributed by atoms with van der Waals surface area (Å²) in [5.74, 6) is 0. The second kappa shape index (κ2) is 3.03. The Morgan fingerprint density at radius 1 is 1.44 bits per heavy atom. The first kappa shape index (κ1) is 8.72. The summed E-state index contributed by atoms with van der Waals surface area (Å²) in [6, 6.07) is 0. The van der Waals surface area contributed by atoms with Crippen molar-refractivity contribution >= 4 is 14.2 Å². The van der Waals surface area contributed by atoms with Gasteiger partial charge in [-0.05, 0) is 6.08 Å². The molecule has 0 spiro atoms. The maximum absolute atomic E-state index is 9.86. The van der Waals surface area contributed by atoms with E-state index >= 15 is 0 Å². The Morgan fingerprint density at radius 2 is 1.89 bits per heavy atom. The van der Waals surface area contributed by atoms with E-state index < -0.39 is 13.6 Å². The fourth-order valence-electron chi connectivity index (χ4n) is 0.279. The van der Waals surface area contributed by atoms with Gasteiger partial charge in [-0.2, -0.15) is 14.7 Å². The molecule has 0 radical (unpaired) electrons. The molecule has 0 heterocycles. The normalized spacial score (nSPS) is 14.6. The highest BCUT2D eigenvalue weighted by Gasteiger charge is 2.40. The Hall–Kier alpha value is -0.280. The van der Waals surface area contributed by atoms with Crippen LogP contribution in [0.1, 0.15) is 0 Å². The van der Waals surface area contributed by atoms with Gasteiger partial charge in [0.1, 0.15) is 0 Å². The second-order valence-electron chi connectivity index (χ2n) is 1.48. The van der Waals surface area contributed by atoms with E-state index in [2.05, 4.69) is 6.58 Å². The third-order valence-corrected chi connectivity index (χ3v) is 1.91. The SMILES string of the molecule is C=CC(C=O)[P+](O)(O)O. The van der Waals surface area contributed by atoms with Crippen molar-refractivity contribution in [1.29, 1.82) is 0 Å². The van der Waals surface area contributed by atoms with Crippen molar-refractivity contribution in [1.82, 2.24) is 0 Å². The zero-order chi connectivity index (χ0) is 7.49. The van der Waals surface area contributed by atoms with Crippen molar-refractivity contribution in [3.8, 4) is 0 Å². The molecule has 52 valence electrons. The summed E-state index contributed by atoms with van der Waals surface area (Å²) in [6.07, 6.45) is 1.22. The Kier molecular flexibility index (Phi) is 2.94. The molecule has 1 atom stereocenters. The van der Waals surface area contributed by atoms with E-state index in [9.17, 15) is 4.79 Å². The van der Waals surface area contributed by atoms with Crippen LogP contribution in [0, 0.1) is 0 Å². The van der Waals surface area contributed by atoms with Crippen molar-refractivity contribution < 1.29 is 19.5 Å². The second-order valence-corrected chi connectivity index (χ2v) is 3.30. The smallest absolute Gasteiger partial charge is 0.298 e. The third-order valence-electron chi connectivity index (χ3n) is 0.781. The number of rotatable bonds is 3. The van der Waals surface area contributed by atoms with E-state index in [1.54, 1.807) is 0 Å². The lowest BCUT2D eigenvalue weighted by atomic mass is 10.5. The Labute approximate surface area is 53.0 Å². The third kappa shape index (κ3) is 2.67. The van der Waals surface area contributed by atoms with Gasteiger partial charge in [-0.3, -0.25) is 4.79 Å². The van der Waals surface area contributed by atoms with E-state index in [1.165, 1.54) is 0 Å². The van der Waals surface area contributed by atoms with Crippen LogP contribution in [0.3, 0.4) is 0 Å². The van der Waals surface area contributed by atoms with Crippen LogP contribution in [-0.2, 0) is 4.79 Å². The quantitative estimate of drug-likeness (QED) is 0.288. The van der Waals surface area contributed by atoms with Gasteiger partial charge in [0, 0.05) is 0 Å². The highest BCUT2D eigenvalue weighted by molar-refractivity contribution is 7.60. The molecule has 0 saturated carbocycles. The van der Waals surface area contributed by atoms with Gasteiger partial charge in [0.2, 0.25) is 5.66 Å². The molecule has 0 fully saturated rings. The van der Waals surface area contributed by atoms with Crippen LogP contribution < -0.4 is 0 Å². The van der Waals surface area contributed by atoms with Crippen molar-refractivity contribution in [2.24, 2.45) is 0 Å². The molecular weight excluding hydrogens is 143 g/mol. The molecule has 3 N–H and O–H groups in total. The molecule has 0 aromatic heterocycles. The standard InChI is InChI=1S/C4H8O4P/c1-2-4(3-5)9(6,7)8/h2-4,6-8H,1H2/q+1. The van der Waals surface area contributed by atoms with Gasteiger partial charge >= 0.3 is 7.94 Å². The number of carbonyl (C=O) groups is 1. The minimum absolute atomic E-state index is 0.237. The van der Waals surface area contributed by atoms with E-state index in [1.807, 2.05) is 0 Å². The van der Waals surface area contributed by atoms with Crippen molar-refractivity contribution in [2.75, 3.05) is 0 Å². The highest BCUT2D eigenvalue weighted by atomic mass is 31.2. The maximum Gasteiger partial charge on any atom is 0.418 e. The van der Waals surface area contributed by atoms with E-state index in [0.717, 1.165) is 6.08 Å². The molecule has 0 amide bonds. The van der Waals surface area contributed by atoms with Gasteiger partial charge in [-0.1, -0.05) is 6.58 Å². The molecule has 4 nitrogen and oxygen atoms in total. The molecule has 0 rings (SSSR count). The van der Waals surface area contributed by atoms with Gasteiger partial charge in [0.05, 0.1) is 0 Å². The molecule has 0 saturated heterocycles. The summed E-state index contributed by atoms with van der Waals surface area (Å²) in [6.45, 7) is 3.11. The molecule has 0 aromatic carbocycles. The molecule has 9 heavy (non-hydrogen) atoms. The summed E-state index contributed by atoms with van der Waals surface area (Å²) in [5.41, 5.74) is -1.24. The molecule has 5 heteroatoms. The Bertz CT molecular complexity index is 108. The van der Waals surface area contributed by atoms with Crippen molar-refractivity contribution in [2.45, 2.75) is 5.66 Å². The highest BCUT2D eigenvalue weighted by Crippen LogP contribution is 2.49. The maximum atomic E-state index is 9.86. The molecule has 0 aliphatic carbocycles. The molecule has 0 aliphatic rings. The molecule has 0 aliphatic heterocycles. The van der Waals surface area contributed by atoms with Crippen LogP contribution in [0.5, 0.6) is 0 Å². The van der Waals surface area contributed by atoms with Crippen molar-refractivity contribution in [3.63, 3.8) is 0 Å². The molecule has 1 unspecified atom stereocenters. The largest absolute Gasteiger partial charge is 0.418 e. The van der Waals surface area contributed by atoms with Crippen LogP contribution in [0.15, 0.2) is 12.7 Å². The predicted octanol–water partition coefficient (Wildman–Crippen LogP) is -0.521. The number of hydrogen-bond donors (Lipinski definition) is 3. The summed E-state index contributed by atoms with van der Waals surface area (Å²) in [5, 5.41) is 0. The predicted molar refractivity (Wildman–Crippen MR) is 33.6 cm³/mol. The van der Waals surface area contributed by atoms with Crippen LogP contribution in [0.2, 0.25) is 0 Å². The lowest BCUT2D eigenvalue weighted by molar-refractivity contribution is -0.107. The Morgan fingerprint density at radius 3 is 1.89 bits per heavy atom. The Balaban J connectivity index is 4.11.